The van der Waals surface area contributed by atoms with Crippen molar-refractivity contribution in [1.82, 2.24) is 24.9 Å². The lowest BCUT2D eigenvalue weighted by Crippen LogP contribution is -2.40. The zero-order valence-corrected chi connectivity index (χ0v) is 20.2. The van der Waals surface area contributed by atoms with Gasteiger partial charge in [-0.25, -0.2) is 0 Å². The molecule has 0 bridgehead atoms. The number of aryl methyl sites for hydroxylation is 2. The molecule has 1 fully saturated rings. The van der Waals surface area contributed by atoms with Gasteiger partial charge in [-0.1, -0.05) is 38.1 Å². The number of rotatable bonds is 6. The highest BCUT2D eigenvalue weighted by molar-refractivity contribution is 5.98. The number of H-pyrrole nitrogens is 1. The van der Waals surface area contributed by atoms with Gasteiger partial charge in [0.2, 0.25) is 0 Å². The molecule has 0 atom stereocenters. The largest absolute Gasteiger partial charge is 0.337 e. The van der Waals surface area contributed by atoms with Crippen molar-refractivity contribution in [2.45, 2.75) is 47.0 Å². The molecular weight excluding hydrogens is 414 g/mol. The number of piperidine rings is 1. The number of carbonyl (C=O) groups excluding carboxylic acids is 2. The Hall–Kier alpha value is -3.22. The van der Waals surface area contributed by atoms with E-state index in [1.807, 2.05) is 42.6 Å². The fourth-order valence-corrected chi connectivity index (χ4v) is 4.73. The van der Waals surface area contributed by atoms with Crippen molar-refractivity contribution in [3.8, 4) is 11.3 Å². The average Bonchev–Trinajstić information content (AvgIpc) is 3.37. The van der Waals surface area contributed by atoms with Gasteiger partial charge in [0, 0.05) is 42.9 Å². The van der Waals surface area contributed by atoms with Crippen molar-refractivity contribution in [2.24, 2.45) is 18.9 Å². The molecule has 2 aromatic heterocycles. The van der Waals surface area contributed by atoms with Crippen molar-refractivity contribution in [1.29, 1.82) is 0 Å². The van der Waals surface area contributed by atoms with Gasteiger partial charge in [-0.05, 0) is 50.7 Å². The molecule has 174 valence electrons. The number of hydrogen-bond donors (Lipinski definition) is 1. The minimum atomic E-state index is -0.0723. The summed E-state index contributed by atoms with van der Waals surface area (Å²) in [7, 11) is 1.90. The van der Waals surface area contributed by atoms with Gasteiger partial charge in [-0.15, -0.1) is 0 Å². The Bertz CT molecular complexity index is 1150. The lowest BCUT2D eigenvalue weighted by atomic mass is 9.88. The molecule has 33 heavy (non-hydrogen) atoms. The first-order valence-corrected chi connectivity index (χ1v) is 11.7. The molecule has 1 aromatic carbocycles. The third-order valence-electron chi connectivity index (χ3n) is 6.61. The molecule has 0 saturated carbocycles. The lowest BCUT2D eigenvalue weighted by Gasteiger charge is -2.31. The number of carbonyl (C=O) groups is 2. The number of ketones is 1. The summed E-state index contributed by atoms with van der Waals surface area (Å²) in [6, 6.07) is 9.83. The second-order valence-electron chi connectivity index (χ2n) is 9.56. The first-order valence-electron chi connectivity index (χ1n) is 11.7. The van der Waals surface area contributed by atoms with Crippen LogP contribution in [0.4, 0.5) is 0 Å². The SMILES string of the molecule is Cc1nn(C)c(C)c1-c1cc(C(=O)N2CCC(C(=O)c3ccc(CC(C)C)cc3)CC2)[nH]n1. The van der Waals surface area contributed by atoms with Crippen LogP contribution in [0.25, 0.3) is 11.3 Å². The van der Waals surface area contributed by atoms with Crippen LogP contribution in [0.2, 0.25) is 0 Å². The molecular formula is C26H33N5O2. The van der Waals surface area contributed by atoms with Crippen LogP contribution >= 0.6 is 0 Å². The summed E-state index contributed by atoms with van der Waals surface area (Å²) >= 11 is 0. The Kier molecular flexibility index (Phi) is 6.49. The fourth-order valence-electron chi connectivity index (χ4n) is 4.73. The standard InChI is InChI=1S/C26H33N5O2/c1-16(2)14-19-6-8-20(9-7-19)25(32)21-10-12-31(13-11-21)26(33)23-15-22(27-28-23)24-17(3)29-30(5)18(24)4/h6-9,15-16,21H,10-14H2,1-5H3,(H,27,28). The molecule has 7 heteroatoms. The number of amides is 1. The topological polar surface area (TPSA) is 83.9 Å². The first-order chi connectivity index (χ1) is 15.7. The Labute approximate surface area is 195 Å². The van der Waals surface area contributed by atoms with Gasteiger partial charge in [0.05, 0.1) is 11.4 Å². The summed E-state index contributed by atoms with van der Waals surface area (Å²) in [5.41, 5.74) is 6.08. The van der Waals surface area contributed by atoms with Gasteiger partial charge >= 0.3 is 0 Å². The predicted octanol–water partition coefficient (Wildman–Crippen LogP) is 4.36. The number of Topliss-reactive ketones (excluding diaryl/α,β-unsaturated/α-hetero) is 1. The molecule has 7 nitrogen and oxygen atoms in total. The lowest BCUT2D eigenvalue weighted by molar-refractivity contribution is 0.0645. The van der Waals surface area contributed by atoms with Crippen molar-refractivity contribution < 1.29 is 9.59 Å². The highest BCUT2D eigenvalue weighted by Crippen LogP contribution is 2.27. The smallest absolute Gasteiger partial charge is 0.271 e. The summed E-state index contributed by atoms with van der Waals surface area (Å²) in [6.45, 7) is 9.46. The van der Waals surface area contributed by atoms with E-state index in [1.165, 1.54) is 5.56 Å². The van der Waals surface area contributed by atoms with Gasteiger partial charge in [-0.2, -0.15) is 10.2 Å². The van der Waals surface area contributed by atoms with E-state index in [0.29, 0.717) is 37.5 Å². The average molecular weight is 448 g/mol. The molecule has 1 aliphatic heterocycles. The molecule has 1 N–H and O–H groups in total. The molecule has 3 aromatic rings. The molecule has 0 aliphatic carbocycles. The molecule has 3 heterocycles. The molecule has 0 spiro atoms. The highest BCUT2D eigenvalue weighted by atomic mass is 16.2. The van der Waals surface area contributed by atoms with Crippen molar-refractivity contribution in [3.05, 3.63) is 58.5 Å². The number of aromatic amines is 1. The maximum absolute atomic E-state index is 13.0. The first kappa shape index (κ1) is 23.0. The van der Waals surface area contributed by atoms with Crippen LogP contribution in [0.3, 0.4) is 0 Å². The zero-order chi connectivity index (χ0) is 23.7. The van der Waals surface area contributed by atoms with Gasteiger partial charge in [0.15, 0.2) is 5.78 Å². The van der Waals surface area contributed by atoms with Crippen LogP contribution < -0.4 is 0 Å². The minimum absolute atomic E-state index is 0.0389. The number of benzene rings is 1. The predicted molar refractivity (Wildman–Crippen MR) is 128 cm³/mol. The van der Waals surface area contributed by atoms with Crippen molar-refractivity contribution >= 4 is 11.7 Å². The molecule has 0 unspecified atom stereocenters. The molecule has 1 saturated heterocycles. The minimum Gasteiger partial charge on any atom is -0.337 e. The molecule has 4 rings (SSSR count). The van der Waals surface area contributed by atoms with Gasteiger partial charge in [0.1, 0.15) is 5.69 Å². The van der Waals surface area contributed by atoms with E-state index in [2.05, 4.69) is 41.3 Å². The van der Waals surface area contributed by atoms with Gasteiger partial charge in [-0.3, -0.25) is 19.4 Å². The second-order valence-corrected chi connectivity index (χ2v) is 9.56. The Balaban J connectivity index is 1.37. The van der Waals surface area contributed by atoms with Crippen LogP contribution in [-0.4, -0.2) is 49.7 Å². The Morgan fingerprint density at radius 3 is 2.36 bits per heavy atom. The summed E-state index contributed by atoms with van der Waals surface area (Å²) in [5.74, 6) is 0.668. The Morgan fingerprint density at radius 2 is 1.79 bits per heavy atom. The normalized spacial score (nSPS) is 14.8. The molecule has 1 amide bonds. The van der Waals surface area contributed by atoms with E-state index in [9.17, 15) is 9.59 Å². The number of nitrogens with one attached hydrogen (secondary N) is 1. The molecule has 1 aliphatic rings. The fraction of sp³-hybridized carbons (Fsp3) is 0.462. The summed E-state index contributed by atoms with van der Waals surface area (Å²) in [5, 5.41) is 11.7. The van der Waals surface area contributed by atoms with Crippen LogP contribution in [0.15, 0.2) is 30.3 Å². The third-order valence-corrected chi connectivity index (χ3v) is 6.61. The quantitative estimate of drug-likeness (QED) is 0.569. The van der Waals surface area contributed by atoms with Crippen molar-refractivity contribution in [2.75, 3.05) is 13.1 Å². The number of nitrogens with zero attached hydrogens (tertiary/aromatic N) is 4. The van der Waals surface area contributed by atoms with E-state index < -0.39 is 0 Å². The number of aromatic nitrogens is 4. The van der Waals surface area contributed by atoms with E-state index in [4.69, 9.17) is 0 Å². The summed E-state index contributed by atoms with van der Waals surface area (Å²) in [4.78, 5) is 27.8. The molecule has 0 radical (unpaired) electrons. The summed E-state index contributed by atoms with van der Waals surface area (Å²) < 4.78 is 1.82. The summed E-state index contributed by atoms with van der Waals surface area (Å²) in [6.07, 6.45) is 2.38. The van der Waals surface area contributed by atoms with E-state index in [1.54, 1.807) is 6.07 Å². The van der Waals surface area contributed by atoms with Crippen molar-refractivity contribution in [3.63, 3.8) is 0 Å². The maximum atomic E-state index is 13.0. The van der Waals surface area contributed by atoms with Gasteiger partial charge < -0.3 is 4.90 Å². The zero-order valence-electron chi connectivity index (χ0n) is 20.2. The van der Waals surface area contributed by atoms with E-state index in [0.717, 1.165) is 34.6 Å². The second kappa shape index (κ2) is 9.33. The number of likely N-dealkylation sites (tertiary alicyclic amines) is 1. The number of hydrogen-bond acceptors (Lipinski definition) is 4. The monoisotopic (exact) mass is 447 g/mol. The maximum Gasteiger partial charge on any atom is 0.271 e. The highest BCUT2D eigenvalue weighted by Gasteiger charge is 2.29. The van der Waals surface area contributed by atoms with Crippen LogP contribution in [0.1, 0.15) is 64.5 Å². The van der Waals surface area contributed by atoms with Crippen LogP contribution in [0.5, 0.6) is 0 Å². The Morgan fingerprint density at radius 1 is 1.12 bits per heavy atom. The van der Waals surface area contributed by atoms with Crippen LogP contribution in [-0.2, 0) is 13.5 Å². The van der Waals surface area contributed by atoms with E-state index in [-0.39, 0.29) is 17.6 Å². The third kappa shape index (κ3) is 4.77. The van der Waals surface area contributed by atoms with E-state index >= 15 is 0 Å². The van der Waals surface area contributed by atoms with Gasteiger partial charge in [0.25, 0.3) is 5.91 Å². The van der Waals surface area contributed by atoms with Crippen LogP contribution in [0, 0.1) is 25.7 Å².